The quantitative estimate of drug-likeness (QED) is 0.847. The molecule has 2 amide bonds. The second-order valence-electron chi connectivity index (χ2n) is 5.34. The summed E-state index contributed by atoms with van der Waals surface area (Å²) in [5.41, 5.74) is 1.12. The molecule has 0 bridgehead atoms. The Balaban J connectivity index is 1.62. The molecular weight excluding hydrogens is 276 g/mol. The monoisotopic (exact) mass is 298 g/mol. The fourth-order valence-corrected chi connectivity index (χ4v) is 2.95. The normalized spacial score (nSPS) is 18.7. The zero-order valence-corrected chi connectivity index (χ0v) is 12.8. The van der Waals surface area contributed by atoms with Crippen molar-refractivity contribution in [2.75, 3.05) is 19.8 Å². The van der Waals surface area contributed by atoms with Crippen molar-refractivity contribution in [2.24, 2.45) is 5.92 Å². The summed E-state index contributed by atoms with van der Waals surface area (Å²) in [6.45, 7) is 6.50. The van der Waals surface area contributed by atoms with Gasteiger partial charge in [0.25, 0.3) is 0 Å². The fourth-order valence-electron chi connectivity index (χ4n) is 2.28. The Morgan fingerprint density at radius 3 is 2.85 bits per heavy atom. The lowest BCUT2D eigenvalue weighted by Crippen LogP contribution is -2.39. The van der Waals surface area contributed by atoms with Crippen LogP contribution in [0, 0.1) is 5.92 Å². The van der Waals surface area contributed by atoms with E-state index in [0.29, 0.717) is 32.2 Å². The molecule has 6 heteroatoms. The smallest absolute Gasteiger partial charge is 0.315 e. The number of amides is 2. The lowest BCUT2D eigenvalue weighted by Gasteiger charge is -2.26. The molecule has 0 spiro atoms. The summed E-state index contributed by atoms with van der Waals surface area (Å²) in [6, 6.07) is 1.87. The maximum Gasteiger partial charge on any atom is 0.315 e. The fraction of sp³-hybridized carbons (Fsp3) is 0.643. The minimum Gasteiger partial charge on any atom is -0.348 e. The molecule has 0 unspecified atom stereocenters. The molecule has 1 fully saturated rings. The van der Waals surface area contributed by atoms with Gasteiger partial charge in [-0.2, -0.15) is 11.3 Å². The van der Waals surface area contributed by atoms with Crippen LogP contribution in [-0.2, 0) is 16.0 Å². The molecule has 1 atom stereocenters. The SMILES string of the molecule is C[C@@H](CNC(=O)NCc1ccsc1)CC1(C)OCCO1. The third-order valence-corrected chi connectivity index (χ3v) is 3.99. The Kier molecular flexibility index (Phi) is 5.39. The Hall–Kier alpha value is -1.11. The minimum atomic E-state index is -0.492. The number of nitrogens with one attached hydrogen (secondary N) is 2. The van der Waals surface area contributed by atoms with E-state index in [1.807, 2.05) is 23.8 Å². The number of thiophene rings is 1. The molecule has 20 heavy (non-hydrogen) atoms. The van der Waals surface area contributed by atoms with Crippen LogP contribution in [0.15, 0.2) is 16.8 Å². The van der Waals surface area contributed by atoms with Gasteiger partial charge >= 0.3 is 6.03 Å². The first-order valence-corrected chi connectivity index (χ1v) is 7.82. The number of hydrogen-bond donors (Lipinski definition) is 2. The standard InChI is InChI=1S/C14H22N2O3S/c1-11(7-14(2)18-4-5-19-14)8-15-13(17)16-9-12-3-6-20-10-12/h3,6,10-11H,4-5,7-9H2,1-2H3,(H2,15,16,17)/t11-/m1/s1. The summed E-state index contributed by atoms with van der Waals surface area (Å²) in [7, 11) is 0. The Bertz CT molecular complexity index is 416. The summed E-state index contributed by atoms with van der Waals surface area (Å²) in [6.07, 6.45) is 0.776. The van der Waals surface area contributed by atoms with Crippen LogP contribution < -0.4 is 10.6 Å². The number of urea groups is 1. The van der Waals surface area contributed by atoms with E-state index in [1.54, 1.807) is 11.3 Å². The highest BCUT2D eigenvalue weighted by Gasteiger charge is 2.32. The largest absolute Gasteiger partial charge is 0.348 e. The van der Waals surface area contributed by atoms with Gasteiger partial charge in [-0.1, -0.05) is 6.92 Å². The first-order valence-electron chi connectivity index (χ1n) is 6.88. The molecule has 1 aromatic rings. The van der Waals surface area contributed by atoms with E-state index in [9.17, 15) is 4.79 Å². The molecule has 112 valence electrons. The van der Waals surface area contributed by atoms with E-state index in [4.69, 9.17) is 9.47 Å². The molecule has 0 saturated carbocycles. The van der Waals surface area contributed by atoms with Gasteiger partial charge in [-0.15, -0.1) is 0 Å². The molecule has 2 N–H and O–H groups in total. The van der Waals surface area contributed by atoms with Gasteiger partial charge in [0.2, 0.25) is 0 Å². The van der Waals surface area contributed by atoms with Gasteiger partial charge in [-0.05, 0) is 35.2 Å². The second-order valence-corrected chi connectivity index (χ2v) is 6.12. The molecule has 2 heterocycles. The van der Waals surface area contributed by atoms with Crippen LogP contribution in [-0.4, -0.2) is 31.6 Å². The zero-order valence-electron chi connectivity index (χ0n) is 12.0. The van der Waals surface area contributed by atoms with Crippen LogP contribution >= 0.6 is 11.3 Å². The molecule has 0 radical (unpaired) electrons. The van der Waals surface area contributed by atoms with E-state index in [0.717, 1.165) is 12.0 Å². The highest BCUT2D eigenvalue weighted by Crippen LogP contribution is 2.26. The van der Waals surface area contributed by atoms with Crippen molar-refractivity contribution in [3.8, 4) is 0 Å². The van der Waals surface area contributed by atoms with Crippen molar-refractivity contribution in [3.05, 3.63) is 22.4 Å². The highest BCUT2D eigenvalue weighted by atomic mass is 32.1. The van der Waals surface area contributed by atoms with Crippen molar-refractivity contribution < 1.29 is 14.3 Å². The highest BCUT2D eigenvalue weighted by molar-refractivity contribution is 7.07. The molecule has 1 aliphatic rings. The van der Waals surface area contributed by atoms with Crippen LogP contribution in [0.1, 0.15) is 25.8 Å². The van der Waals surface area contributed by atoms with Crippen molar-refractivity contribution in [1.82, 2.24) is 10.6 Å². The van der Waals surface area contributed by atoms with E-state index in [2.05, 4.69) is 17.6 Å². The first kappa shape index (κ1) is 15.3. The molecule has 2 rings (SSSR count). The number of rotatable bonds is 6. The number of ether oxygens (including phenoxy) is 2. The van der Waals surface area contributed by atoms with Gasteiger partial charge < -0.3 is 20.1 Å². The Morgan fingerprint density at radius 2 is 2.20 bits per heavy atom. The van der Waals surface area contributed by atoms with Crippen LogP contribution in [0.4, 0.5) is 4.79 Å². The van der Waals surface area contributed by atoms with Crippen molar-refractivity contribution in [3.63, 3.8) is 0 Å². The third-order valence-electron chi connectivity index (χ3n) is 3.26. The predicted octanol–water partition coefficient (Wildman–Crippen LogP) is 2.34. The summed E-state index contributed by atoms with van der Waals surface area (Å²) < 4.78 is 11.1. The predicted molar refractivity (Wildman–Crippen MR) is 78.6 cm³/mol. The maximum atomic E-state index is 11.7. The van der Waals surface area contributed by atoms with Crippen molar-refractivity contribution in [1.29, 1.82) is 0 Å². The lowest BCUT2D eigenvalue weighted by molar-refractivity contribution is -0.153. The van der Waals surface area contributed by atoms with Gasteiger partial charge in [0.15, 0.2) is 5.79 Å². The van der Waals surface area contributed by atoms with Crippen LogP contribution in [0.2, 0.25) is 0 Å². The average molecular weight is 298 g/mol. The van der Waals surface area contributed by atoms with Gasteiger partial charge in [-0.25, -0.2) is 4.79 Å². The molecule has 1 aromatic heterocycles. The molecule has 0 aromatic carbocycles. The van der Waals surface area contributed by atoms with Crippen molar-refractivity contribution in [2.45, 2.75) is 32.6 Å². The van der Waals surface area contributed by atoms with E-state index in [1.165, 1.54) is 0 Å². The Labute approximate surface area is 123 Å². The topological polar surface area (TPSA) is 59.6 Å². The molecular formula is C14H22N2O3S. The van der Waals surface area contributed by atoms with Gasteiger partial charge in [0.1, 0.15) is 0 Å². The van der Waals surface area contributed by atoms with E-state index >= 15 is 0 Å². The zero-order chi connectivity index (χ0) is 14.4. The molecule has 5 nitrogen and oxygen atoms in total. The summed E-state index contributed by atoms with van der Waals surface area (Å²) in [4.78, 5) is 11.7. The van der Waals surface area contributed by atoms with Crippen LogP contribution in [0.25, 0.3) is 0 Å². The van der Waals surface area contributed by atoms with Crippen LogP contribution in [0.3, 0.4) is 0 Å². The maximum absolute atomic E-state index is 11.7. The van der Waals surface area contributed by atoms with E-state index in [-0.39, 0.29) is 6.03 Å². The third kappa shape index (κ3) is 4.77. The van der Waals surface area contributed by atoms with Crippen molar-refractivity contribution >= 4 is 17.4 Å². The molecule has 1 saturated heterocycles. The number of hydrogen-bond acceptors (Lipinski definition) is 4. The minimum absolute atomic E-state index is 0.138. The average Bonchev–Trinajstić information content (AvgIpc) is 3.05. The lowest BCUT2D eigenvalue weighted by atomic mass is 10.0. The first-order chi connectivity index (χ1) is 9.57. The number of carbonyl (C=O) groups is 1. The summed E-state index contributed by atoms with van der Waals surface area (Å²) >= 11 is 1.63. The van der Waals surface area contributed by atoms with E-state index < -0.39 is 5.79 Å². The summed E-state index contributed by atoms with van der Waals surface area (Å²) in [5, 5.41) is 9.74. The van der Waals surface area contributed by atoms with Gasteiger partial charge in [0, 0.05) is 19.5 Å². The van der Waals surface area contributed by atoms with Gasteiger partial charge in [0.05, 0.1) is 13.2 Å². The molecule has 0 aliphatic carbocycles. The Morgan fingerprint density at radius 1 is 1.45 bits per heavy atom. The van der Waals surface area contributed by atoms with Crippen LogP contribution in [0.5, 0.6) is 0 Å². The number of carbonyl (C=O) groups excluding carboxylic acids is 1. The summed E-state index contributed by atoms with van der Waals surface area (Å²) in [5.74, 6) is -0.196. The van der Waals surface area contributed by atoms with Gasteiger partial charge in [-0.3, -0.25) is 0 Å². The molecule has 1 aliphatic heterocycles. The second kappa shape index (κ2) is 7.06.